The summed E-state index contributed by atoms with van der Waals surface area (Å²) >= 11 is 0. The molecular weight excluding hydrogens is 1010 g/mol. The average molecular weight is 1140 g/mol. The van der Waals surface area contributed by atoms with Gasteiger partial charge in [-0.1, -0.05) is 267 Å². The van der Waals surface area contributed by atoms with Gasteiger partial charge in [-0.05, 0) is 96.3 Å². The second kappa shape index (κ2) is 57.5. The van der Waals surface area contributed by atoms with Gasteiger partial charge in [-0.2, -0.15) is 0 Å². The van der Waals surface area contributed by atoms with Crippen LogP contribution < -0.4 is 5.32 Å². The fraction of sp³-hybridized carbons (Fsp3) is 0.800. The molecule has 1 heterocycles. The van der Waals surface area contributed by atoms with Crippen molar-refractivity contribution in [1.29, 1.82) is 0 Å². The molecule has 0 spiro atoms. The molecular formula is C70H125NO10. The predicted octanol–water partition coefficient (Wildman–Crippen LogP) is 16.7. The molecule has 1 fully saturated rings. The molecule has 0 bridgehead atoms. The van der Waals surface area contributed by atoms with Gasteiger partial charge in [0, 0.05) is 6.42 Å². The van der Waals surface area contributed by atoms with Crippen molar-refractivity contribution in [3.8, 4) is 0 Å². The van der Waals surface area contributed by atoms with E-state index in [-0.39, 0.29) is 19.4 Å². The number of aliphatic hydroxyl groups is 5. The van der Waals surface area contributed by atoms with E-state index in [1.807, 2.05) is 6.08 Å². The molecule has 1 saturated heterocycles. The Bertz CT molecular complexity index is 1590. The quantitative estimate of drug-likeness (QED) is 0.0195. The number of carbonyl (C=O) groups excluding carboxylic acids is 2. The molecule has 11 nitrogen and oxygen atoms in total. The van der Waals surface area contributed by atoms with Crippen LogP contribution in [0, 0.1) is 0 Å². The van der Waals surface area contributed by atoms with Crippen LogP contribution in [0.4, 0.5) is 0 Å². The van der Waals surface area contributed by atoms with Gasteiger partial charge < -0.3 is 45.1 Å². The molecule has 0 aromatic heterocycles. The summed E-state index contributed by atoms with van der Waals surface area (Å²) in [7, 11) is 0. The lowest BCUT2D eigenvalue weighted by molar-refractivity contribution is -0.305. The Morgan fingerprint density at radius 1 is 0.481 bits per heavy atom. The lowest BCUT2D eigenvalue weighted by atomic mass is 9.99. The number of allylic oxidation sites excluding steroid dienone is 11. The third-order valence-electron chi connectivity index (χ3n) is 15.6. The molecule has 0 aromatic rings. The van der Waals surface area contributed by atoms with Crippen LogP contribution in [0.2, 0.25) is 0 Å². The number of rotatable bonds is 57. The minimum atomic E-state index is -1.62. The summed E-state index contributed by atoms with van der Waals surface area (Å²) in [5, 5.41) is 57.1. The number of amides is 1. The summed E-state index contributed by atoms with van der Waals surface area (Å²) in [5.74, 6) is -1.21. The molecule has 81 heavy (non-hydrogen) atoms. The van der Waals surface area contributed by atoms with Gasteiger partial charge in [0.25, 0.3) is 0 Å². The first-order chi connectivity index (χ1) is 39.7. The molecule has 0 aromatic carbocycles. The van der Waals surface area contributed by atoms with Gasteiger partial charge in [0.1, 0.15) is 24.4 Å². The molecule has 0 radical (unpaired) electrons. The van der Waals surface area contributed by atoms with Crippen molar-refractivity contribution in [2.75, 3.05) is 13.2 Å². The number of unbranched alkanes of at least 4 members (excludes halogenated alkanes) is 33. The average Bonchev–Trinajstić information content (AvgIpc) is 3.53. The van der Waals surface area contributed by atoms with Gasteiger partial charge in [0.2, 0.25) is 5.91 Å². The Balaban J connectivity index is 2.64. The Morgan fingerprint density at radius 3 is 1.31 bits per heavy atom. The van der Waals surface area contributed by atoms with E-state index in [0.717, 1.165) is 116 Å². The van der Waals surface area contributed by atoms with Crippen molar-refractivity contribution in [2.24, 2.45) is 0 Å². The highest BCUT2D eigenvalue weighted by atomic mass is 16.7. The number of hydrogen-bond donors (Lipinski definition) is 6. The third kappa shape index (κ3) is 45.2. The van der Waals surface area contributed by atoms with Crippen LogP contribution in [-0.2, 0) is 23.8 Å². The largest absolute Gasteiger partial charge is 0.454 e. The zero-order valence-electron chi connectivity index (χ0n) is 52.1. The van der Waals surface area contributed by atoms with Gasteiger partial charge in [-0.3, -0.25) is 9.59 Å². The van der Waals surface area contributed by atoms with Crippen LogP contribution in [0.5, 0.6) is 0 Å². The van der Waals surface area contributed by atoms with E-state index < -0.39 is 67.4 Å². The van der Waals surface area contributed by atoms with Crippen molar-refractivity contribution in [3.05, 3.63) is 72.9 Å². The number of nitrogens with one attached hydrogen (secondary N) is 1. The third-order valence-corrected chi connectivity index (χ3v) is 15.6. The number of carbonyl (C=O) groups is 2. The smallest absolute Gasteiger partial charge is 0.306 e. The maximum Gasteiger partial charge on any atom is 0.306 e. The number of aliphatic hydroxyl groups excluding tert-OH is 5. The Kier molecular flexibility index (Phi) is 54.1. The van der Waals surface area contributed by atoms with Crippen LogP contribution in [0.1, 0.15) is 297 Å². The van der Waals surface area contributed by atoms with Crippen molar-refractivity contribution in [3.63, 3.8) is 0 Å². The van der Waals surface area contributed by atoms with Crippen LogP contribution >= 0.6 is 0 Å². The molecule has 8 unspecified atom stereocenters. The van der Waals surface area contributed by atoms with E-state index in [4.69, 9.17) is 14.2 Å². The van der Waals surface area contributed by atoms with Gasteiger partial charge in [-0.15, -0.1) is 0 Å². The molecule has 1 aliphatic heterocycles. The summed E-state index contributed by atoms with van der Waals surface area (Å²) in [6, 6.07) is -1.03. The lowest BCUT2D eigenvalue weighted by Crippen LogP contribution is -2.61. The minimum absolute atomic E-state index is 0.109. The van der Waals surface area contributed by atoms with Gasteiger partial charge in [0.05, 0.1) is 25.4 Å². The van der Waals surface area contributed by atoms with Crippen LogP contribution in [-0.4, -0.2) is 99.6 Å². The normalized spacial score (nSPS) is 19.1. The standard InChI is InChI=1S/C70H125NO10/c1-4-7-10-13-16-19-22-25-27-29-30-31-32-33-34-35-37-40-43-46-49-52-55-58-65(75)81-68-67(77)66(76)64(59-72)80-70(68)79-60-61(62(73)56-53-50-47-44-41-38-24-21-18-15-12-9-6-3)71-69(78)63(74)57-54-51-48-45-42-39-36-28-26-23-20-17-14-11-8-5-2/h16,19,25-28,30-31,33-34,53,56,61-64,66-68,70,72-74,76-77H,4-15,17-18,20-24,29,32,35-52,54-55,57-60H2,1-3H3,(H,71,78)/b19-16-,27-25-,28-26+,31-30-,34-33-,56-53+. The summed E-state index contributed by atoms with van der Waals surface area (Å²) in [6.07, 6.45) is 63.6. The first kappa shape index (κ1) is 76.1. The number of esters is 1. The maximum atomic E-state index is 13.4. The van der Waals surface area contributed by atoms with Crippen LogP contribution in [0.3, 0.4) is 0 Å². The van der Waals surface area contributed by atoms with E-state index in [0.29, 0.717) is 12.8 Å². The van der Waals surface area contributed by atoms with Gasteiger partial charge in [-0.25, -0.2) is 0 Å². The Hall–Kier alpha value is -2.90. The van der Waals surface area contributed by atoms with E-state index in [1.54, 1.807) is 6.08 Å². The van der Waals surface area contributed by atoms with Gasteiger partial charge in [0.15, 0.2) is 12.4 Å². The second-order valence-corrected chi connectivity index (χ2v) is 23.2. The summed E-state index contributed by atoms with van der Waals surface area (Å²) in [6.45, 7) is 5.77. The Morgan fingerprint density at radius 2 is 0.852 bits per heavy atom. The second-order valence-electron chi connectivity index (χ2n) is 23.2. The predicted molar refractivity (Wildman–Crippen MR) is 338 cm³/mol. The number of ether oxygens (including phenoxy) is 3. The zero-order chi connectivity index (χ0) is 58.9. The van der Waals surface area contributed by atoms with E-state index >= 15 is 0 Å². The monoisotopic (exact) mass is 1140 g/mol. The van der Waals surface area contributed by atoms with Gasteiger partial charge >= 0.3 is 5.97 Å². The zero-order valence-corrected chi connectivity index (χ0v) is 52.1. The fourth-order valence-electron chi connectivity index (χ4n) is 10.2. The molecule has 1 amide bonds. The summed E-state index contributed by atoms with van der Waals surface area (Å²) in [4.78, 5) is 26.6. The maximum absolute atomic E-state index is 13.4. The minimum Gasteiger partial charge on any atom is -0.454 e. The van der Waals surface area contributed by atoms with Crippen LogP contribution in [0.25, 0.3) is 0 Å². The highest BCUT2D eigenvalue weighted by molar-refractivity contribution is 5.80. The van der Waals surface area contributed by atoms with E-state index in [1.165, 1.54) is 135 Å². The fourth-order valence-corrected chi connectivity index (χ4v) is 10.2. The first-order valence-corrected chi connectivity index (χ1v) is 33.7. The molecule has 11 heteroatoms. The van der Waals surface area contributed by atoms with Crippen molar-refractivity contribution in [1.82, 2.24) is 5.32 Å². The van der Waals surface area contributed by atoms with E-state index in [9.17, 15) is 35.1 Å². The van der Waals surface area contributed by atoms with Crippen molar-refractivity contribution in [2.45, 2.75) is 346 Å². The lowest BCUT2D eigenvalue weighted by Gasteiger charge is -2.41. The SMILES string of the molecule is CCCCC/C=C\C/C=C\C/C=C\C/C=C\CCCCCCCCCC(=O)OC1C(OCC(NC(=O)C(O)CCCCCCCC/C=C/CCCCCCCC)C(O)/C=C/CCCCCCCCCCCCC)OC(CO)C(O)C1O. The van der Waals surface area contributed by atoms with Crippen LogP contribution in [0.15, 0.2) is 72.9 Å². The molecule has 0 aliphatic carbocycles. The molecule has 8 atom stereocenters. The van der Waals surface area contributed by atoms with Crippen molar-refractivity contribution >= 4 is 11.9 Å². The summed E-state index contributed by atoms with van der Waals surface area (Å²) in [5.41, 5.74) is 0. The molecule has 1 rings (SSSR count). The molecule has 0 saturated carbocycles. The Labute approximate surface area is 496 Å². The highest BCUT2D eigenvalue weighted by Gasteiger charge is 2.47. The molecule has 470 valence electrons. The number of hydrogen-bond acceptors (Lipinski definition) is 10. The highest BCUT2D eigenvalue weighted by Crippen LogP contribution is 2.26. The molecule has 1 aliphatic rings. The van der Waals surface area contributed by atoms with Crippen molar-refractivity contribution < 1.29 is 49.3 Å². The topological polar surface area (TPSA) is 175 Å². The molecule has 6 N–H and O–H groups in total. The summed E-state index contributed by atoms with van der Waals surface area (Å²) < 4.78 is 17.7. The van der Waals surface area contributed by atoms with E-state index in [2.05, 4.69) is 86.8 Å². The first-order valence-electron chi connectivity index (χ1n) is 33.7.